The Balaban J connectivity index is 1.34. The van der Waals surface area contributed by atoms with E-state index in [1.54, 1.807) is 12.1 Å². The molecule has 10 nitrogen and oxygen atoms in total. The van der Waals surface area contributed by atoms with Crippen LogP contribution in [0.4, 0.5) is 5.69 Å². The number of morpholine rings is 1. The molecule has 2 saturated heterocycles. The van der Waals surface area contributed by atoms with E-state index >= 15 is 0 Å². The van der Waals surface area contributed by atoms with Gasteiger partial charge in [-0.1, -0.05) is 18.2 Å². The number of aliphatic hydroxyl groups is 2. The normalized spacial score (nSPS) is 22.7. The van der Waals surface area contributed by atoms with Gasteiger partial charge in [0.1, 0.15) is 18.3 Å². The van der Waals surface area contributed by atoms with Crippen LogP contribution in [-0.2, 0) is 26.0 Å². The number of sulfonamides is 1. The Morgan fingerprint density at radius 1 is 1.15 bits per heavy atom. The van der Waals surface area contributed by atoms with Gasteiger partial charge in [0.05, 0.1) is 19.3 Å². The molecule has 2 aliphatic heterocycles. The number of allylic oxidation sites excluding steroid dienone is 1. The molecule has 39 heavy (non-hydrogen) atoms. The van der Waals surface area contributed by atoms with E-state index in [0.717, 1.165) is 60.4 Å². The second-order valence-electron chi connectivity index (χ2n) is 9.50. The summed E-state index contributed by atoms with van der Waals surface area (Å²) in [4.78, 5) is 1.84. The van der Waals surface area contributed by atoms with Gasteiger partial charge in [0.25, 0.3) is 10.0 Å². The molecule has 3 atom stereocenters. The molecule has 2 fully saturated rings. The van der Waals surface area contributed by atoms with Crippen molar-refractivity contribution in [3.63, 3.8) is 0 Å². The van der Waals surface area contributed by atoms with Crippen LogP contribution < -0.4 is 9.62 Å². The van der Waals surface area contributed by atoms with Crippen molar-refractivity contribution in [2.75, 3.05) is 43.5 Å². The third-order valence-corrected chi connectivity index (χ3v) is 9.21. The van der Waals surface area contributed by atoms with Crippen molar-refractivity contribution in [3.05, 3.63) is 59.1 Å². The highest BCUT2D eigenvalue weighted by Gasteiger charge is 2.33. The van der Waals surface area contributed by atoms with Crippen molar-refractivity contribution in [2.24, 2.45) is 7.05 Å². The molecule has 3 heterocycles. The maximum absolute atomic E-state index is 12.8. The molecule has 12 heteroatoms. The molecule has 0 aliphatic carbocycles. The van der Waals surface area contributed by atoms with Crippen molar-refractivity contribution in [1.82, 2.24) is 9.29 Å². The zero-order chi connectivity index (χ0) is 27.6. The van der Waals surface area contributed by atoms with Crippen molar-refractivity contribution in [2.45, 2.75) is 18.3 Å². The van der Waals surface area contributed by atoms with Gasteiger partial charge >= 0.3 is 0 Å². The van der Waals surface area contributed by atoms with E-state index in [-0.39, 0.29) is 12.3 Å². The largest absolute Gasteiger partial charge is 0.389 e. The van der Waals surface area contributed by atoms with Crippen molar-refractivity contribution < 1.29 is 27.6 Å². The van der Waals surface area contributed by atoms with Crippen molar-refractivity contribution in [1.29, 1.82) is 5.26 Å². The predicted molar refractivity (Wildman–Crippen MR) is 151 cm³/mol. The Kier molecular flexibility index (Phi) is 8.29. The molecule has 0 bridgehead atoms. The van der Waals surface area contributed by atoms with E-state index < -0.39 is 33.2 Å². The molecule has 0 radical (unpaired) electrons. The Morgan fingerprint density at radius 2 is 1.90 bits per heavy atom. The summed E-state index contributed by atoms with van der Waals surface area (Å²) in [6.45, 7) is 2.92. The molecular weight excluding hydrogens is 540 g/mol. The SMILES string of the molecule is Cn1c(/C=C(\C#N)S(=O)(=O)NC[C@H]2OSC[C@@H](O)[C@@H]2O)ccc1-c1ccc2cc(N3CCOCC3)ccc2c1. The van der Waals surface area contributed by atoms with Gasteiger partial charge in [-0.25, -0.2) is 13.1 Å². The minimum atomic E-state index is -4.18. The first-order chi connectivity index (χ1) is 18.8. The van der Waals surface area contributed by atoms with Gasteiger partial charge < -0.3 is 28.6 Å². The summed E-state index contributed by atoms with van der Waals surface area (Å²) in [5, 5.41) is 31.6. The maximum atomic E-state index is 12.8. The van der Waals surface area contributed by atoms with Crippen LogP contribution in [0.3, 0.4) is 0 Å². The minimum Gasteiger partial charge on any atom is -0.389 e. The fraction of sp³-hybridized carbons (Fsp3) is 0.370. The van der Waals surface area contributed by atoms with Crippen LogP contribution >= 0.6 is 12.0 Å². The topological polar surface area (TPSA) is 137 Å². The Hall–Kier alpha value is -2.89. The lowest BCUT2D eigenvalue weighted by atomic mass is 10.0. The maximum Gasteiger partial charge on any atom is 0.250 e. The zero-order valence-corrected chi connectivity index (χ0v) is 23.0. The van der Waals surface area contributed by atoms with Crippen LogP contribution in [0.25, 0.3) is 28.1 Å². The van der Waals surface area contributed by atoms with Gasteiger partial charge in [0.15, 0.2) is 4.91 Å². The molecule has 5 rings (SSSR count). The summed E-state index contributed by atoms with van der Waals surface area (Å²) in [5.41, 5.74) is 3.54. The number of nitriles is 1. The van der Waals surface area contributed by atoms with Crippen molar-refractivity contribution >= 4 is 44.6 Å². The first kappa shape index (κ1) is 27.7. The van der Waals surface area contributed by atoms with Gasteiger partial charge in [0, 0.05) is 49.5 Å². The number of aromatic nitrogens is 1. The zero-order valence-electron chi connectivity index (χ0n) is 21.4. The molecule has 3 aromatic rings. The lowest BCUT2D eigenvalue weighted by Crippen LogP contribution is -2.48. The average molecular weight is 571 g/mol. The van der Waals surface area contributed by atoms with E-state index in [2.05, 4.69) is 40.0 Å². The van der Waals surface area contributed by atoms with E-state index in [1.807, 2.05) is 23.7 Å². The lowest BCUT2D eigenvalue weighted by Gasteiger charge is -2.30. The molecule has 1 aromatic heterocycles. The summed E-state index contributed by atoms with van der Waals surface area (Å²) >= 11 is 0.958. The number of rotatable bonds is 7. The first-order valence-corrected chi connectivity index (χ1v) is 14.9. The summed E-state index contributed by atoms with van der Waals surface area (Å²) in [7, 11) is -2.37. The molecule has 2 aliphatic rings. The molecule has 0 amide bonds. The summed E-state index contributed by atoms with van der Waals surface area (Å²) in [5.74, 6) is 0.191. The van der Waals surface area contributed by atoms with Crippen LogP contribution in [0.15, 0.2) is 53.4 Å². The number of anilines is 1. The highest BCUT2D eigenvalue weighted by atomic mass is 32.2. The second kappa shape index (κ2) is 11.7. The Bertz CT molecular complexity index is 1520. The Labute approximate surface area is 231 Å². The third-order valence-electron chi connectivity index (χ3n) is 7.02. The summed E-state index contributed by atoms with van der Waals surface area (Å²) < 4.78 is 40.6. The number of hydrogen-bond acceptors (Lipinski definition) is 9. The number of aliphatic hydroxyl groups excluding tert-OH is 2. The van der Waals surface area contributed by atoms with Crippen LogP contribution in [0, 0.1) is 11.3 Å². The van der Waals surface area contributed by atoms with E-state index in [9.17, 15) is 23.9 Å². The van der Waals surface area contributed by atoms with Crippen LogP contribution in [0.1, 0.15) is 5.69 Å². The minimum absolute atomic E-state index is 0.191. The number of nitrogens with one attached hydrogen (secondary N) is 1. The summed E-state index contributed by atoms with van der Waals surface area (Å²) in [6.07, 6.45) is -1.88. The van der Waals surface area contributed by atoms with E-state index in [0.29, 0.717) is 5.69 Å². The van der Waals surface area contributed by atoms with Crippen LogP contribution in [-0.4, -0.2) is 80.1 Å². The second-order valence-corrected chi connectivity index (χ2v) is 12.0. The van der Waals surface area contributed by atoms with Crippen LogP contribution in [0.2, 0.25) is 0 Å². The fourth-order valence-corrected chi connectivity index (χ4v) is 6.41. The lowest BCUT2D eigenvalue weighted by molar-refractivity contribution is -0.0418. The van der Waals surface area contributed by atoms with Gasteiger partial charge in [-0.2, -0.15) is 5.26 Å². The van der Waals surface area contributed by atoms with Gasteiger partial charge in [-0.05, 0) is 64.8 Å². The molecule has 0 unspecified atom stereocenters. The summed E-state index contributed by atoms with van der Waals surface area (Å²) in [6, 6.07) is 18.0. The number of nitrogens with zero attached hydrogens (tertiary/aromatic N) is 3. The molecule has 0 saturated carbocycles. The molecule has 2 aromatic carbocycles. The highest BCUT2D eigenvalue weighted by molar-refractivity contribution is 7.94. The predicted octanol–water partition coefficient (Wildman–Crippen LogP) is 2.23. The van der Waals surface area contributed by atoms with Gasteiger partial charge in [-0.3, -0.25) is 0 Å². The number of ether oxygens (including phenoxy) is 1. The molecule has 206 valence electrons. The van der Waals surface area contributed by atoms with E-state index in [1.165, 1.54) is 11.8 Å². The van der Waals surface area contributed by atoms with Gasteiger partial charge in [0.2, 0.25) is 0 Å². The fourth-order valence-electron chi connectivity index (χ4n) is 4.70. The first-order valence-electron chi connectivity index (χ1n) is 12.6. The smallest absolute Gasteiger partial charge is 0.250 e. The van der Waals surface area contributed by atoms with Crippen molar-refractivity contribution in [3.8, 4) is 17.3 Å². The van der Waals surface area contributed by atoms with E-state index in [4.69, 9.17) is 8.92 Å². The monoisotopic (exact) mass is 570 g/mol. The highest BCUT2D eigenvalue weighted by Crippen LogP contribution is 2.29. The molecule has 3 N–H and O–H groups in total. The van der Waals surface area contributed by atoms with Gasteiger partial charge in [-0.15, -0.1) is 0 Å². The number of fused-ring (bicyclic) bond motifs is 1. The average Bonchev–Trinajstić information content (AvgIpc) is 3.32. The number of benzene rings is 2. The molecule has 0 spiro atoms. The third kappa shape index (κ3) is 6.00. The standard InChI is InChI=1S/C27H30N4O6S2/c1-30-21(14-23(15-28)39(34,35)29-16-26-27(33)25(32)17-38-37-26)6-7-24(30)20-3-2-19-13-22(5-4-18(19)12-20)31-8-10-36-11-9-31/h2-7,12-14,25-27,29,32-33H,8-11,16-17H2,1H3/b23-14+/t25-,26-,27+/m1/s1. The molecular formula is C27H30N4O6S2. The van der Waals surface area contributed by atoms with Crippen LogP contribution in [0.5, 0.6) is 0 Å². The quantitative estimate of drug-likeness (QED) is 0.288. The number of hydrogen-bond donors (Lipinski definition) is 3. The Morgan fingerprint density at radius 3 is 2.67 bits per heavy atom.